The molecule has 2 atom stereocenters. The zero-order chi connectivity index (χ0) is 14.3. The lowest BCUT2D eigenvalue weighted by atomic mass is 9.65. The number of rotatable bonds is 2. The maximum atomic E-state index is 9.72. The molecular weight excluding hydrogens is 250 g/mol. The van der Waals surface area contributed by atoms with E-state index >= 15 is 0 Å². The van der Waals surface area contributed by atoms with Gasteiger partial charge in [-0.3, -0.25) is 0 Å². The van der Waals surface area contributed by atoms with E-state index in [2.05, 4.69) is 28.5 Å². The predicted octanol–water partition coefficient (Wildman–Crippen LogP) is 2.06. The van der Waals surface area contributed by atoms with Gasteiger partial charge in [0.1, 0.15) is 0 Å². The first-order valence-electron chi connectivity index (χ1n) is 7.37. The van der Waals surface area contributed by atoms with Crippen molar-refractivity contribution in [3.63, 3.8) is 0 Å². The Bertz CT molecular complexity index is 551. The molecule has 4 nitrogen and oxygen atoms in total. The van der Waals surface area contributed by atoms with Gasteiger partial charge in [-0.05, 0) is 48.9 Å². The average Bonchev–Trinajstić information content (AvgIpc) is 2.85. The number of nitrogens with zero attached hydrogens (tertiary/aromatic N) is 1. The number of guanidine groups is 1. The van der Waals surface area contributed by atoms with E-state index < -0.39 is 0 Å². The van der Waals surface area contributed by atoms with Crippen LogP contribution in [0.25, 0.3) is 0 Å². The number of fused-ring (bicyclic) bond motifs is 1. The zero-order valence-electron chi connectivity index (χ0n) is 12.2. The van der Waals surface area contributed by atoms with Gasteiger partial charge in [0.25, 0.3) is 0 Å². The van der Waals surface area contributed by atoms with E-state index in [1.807, 2.05) is 13.8 Å². The summed E-state index contributed by atoms with van der Waals surface area (Å²) in [6.45, 7) is 4.05. The van der Waals surface area contributed by atoms with Crippen LogP contribution in [-0.2, 0) is 12.8 Å². The van der Waals surface area contributed by atoms with Crippen molar-refractivity contribution in [2.75, 3.05) is 5.32 Å². The molecule has 0 amide bonds. The maximum absolute atomic E-state index is 9.72. The molecule has 108 valence electrons. The Morgan fingerprint density at radius 1 is 1.35 bits per heavy atom. The van der Waals surface area contributed by atoms with E-state index in [0.717, 1.165) is 12.1 Å². The molecule has 2 aliphatic rings. The first kappa shape index (κ1) is 13.4. The molecule has 0 saturated heterocycles. The first-order valence-corrected chi connectivity index (χ1v) is 7.37. The van der Waals surface area contributed by atoms with Crippen molar-refractivity contribution in [2.45, 2.75) is 51.7 Å². The molecule has 20 heavy (non-hydrogen) atoms. The van der Waals surface area contributed by atoms with Crippen molar-refractivity contribution in [1.82, 2.24) is 0 Å². The molecule has 0 aliphatic heterocycles. The van der Waals surface area contributed by atoms with Crippen LogP contribution in [0.2, 0.25) is 0 Å². The molecule has 0 spiro atoms. The van der Waals surface area contributed by atoms with Crippen LogP contribution >= 0.6 is 0 Å². The SMILES string of the molecule is CC1(C)C(O)CC1N=C(N)Nc1ccc2c(c1)CCC2. The van der Waals surface area contributed by atoms with Crippen molar-refractivity contribution < 1.29 is 5.11 Å². The highest BCUT2D eigenvalue weighted by Crippen LogP contribution is 2.42. The largest absolute Gasteiger partial charge is 0.392 e. The number of aliphatic imine (C=N–C) groups is 1. The Morgan fingerprint density at radius 3 is 2.80 bits per heavy atom. The third kappa shape index (κ3) is 2.29. The van der Waals surface area contributed by atoms with Gasteiger partial charge in [-0.25, -0.2) is 4.99 Å². The molecule has 4 N–H and O–H groups in total. The molecule has 1 fully saturated rings. The fourth-order valence-corrected chi connectivity index (χ4v) is 3.10. The van der Waals surface area contributed by atoms with Gasteiger partial charge in [-0.2, -0.15) is 0 Å². The van der Waals surface area contributed by atoms with E-state index in [4.69, 9.17) is 5.73 Å². The topological polar surface area (TPSA) is 70.6 Å². The van der Waals surface area contributed by atoms with Crippen molar-refractivity contribution in [1.29, 1.82) is 0 Å². The van der Waals surface area contributed by atoms with Crippen LogP contribution in [0.4, 0.5) is 5.69 Å². The van der Waals surface area contributed by atoms with Gasteiger partial charge in [0.2, 0.25) is 0 Å². The molecule has 1 saturated carbocycles. The Balaban J connectivity index is 1.69. The smallest absolute Gasteiger partial charge is 0.193 e. The number of aryl methyl sites for hydroxylation is 2. The van der Waals surface area contributed by atoms with Crippen LogP contribution in [0, 0.1) is 5.41 Å². The molecule has 0 bridgehead atoms. The minimum atomic E-state index is -0.274. The Kier molecular flexibility index (Phi) is 3.21. The number of nitrogens with one attached hydrogen (secondary N) is 1. The van der Waals surface area contributed by atoms with Gasteiger partial charge < -0.3 is 16.2 Å². The molecule has 0 aromatic heterocycles. The van der Waals surface area contributed by atoms with Gasteiger partial charge in [0, 0.05) is 11.1 Å². The lowest BCUT2D eigenvalue weighted by Crippen LogP contribution is -2.53. The number of aliphatic hydroxyl groups is 1. The predicted molar refractivity (Wildman–Crippen MR) is 81.9 cm³/mol. The summed E-state index contributed by atoms with van der Waals surface area (Å²) in [5, 5.41) is 12.9. The van der Waals surface area contributed by atoms with E-state index in [0.29, 0.717) is 12.4 Å². The molecule has 2 unspecified atom stereocenters. The summed E-state index contributed by atoms with van der Waals surface area (Å²) in [5.74, 6) is 0.438. The summed E-state index contributed by atoms with van der Waals surface area (Å²) in [6, 6.07) is 6.51. The molecule has 4 heteroatoms. The lowest BCUT2D eigenvalue weighted by molar-refractivity contribution is -0.0576. The van der Waals surface area contributed by atoms with E-state index in [-0.39, 0.29) is 17.6 Å². The highest BCUT2D eigenvalue weighted by atomic mass is 16.3. The van der Waals surface area contributed by atoms with Crippen molar-refractivity contribution in [3.8, 4) is 0 Å². The van der Waals surface area contributed by atoms with Gasteiger partial charge in [-0.1, -0.05) is 19.9 Å². The second kappa shape index (κ2) is 4.77. The van der Waals surface area contributed by atoms with Gasteiger partial charge in [0.05, 0.1) is 12.1 Å². The minimum absolute atomic E-state index is 0.0967. The van der Waals surface area contributed by atoms with Crippen LogP contribution in [-0.4, -0.2) is 23.2 Å². The molecule has 1 aromatic rings. The summed E-state index contributed by atoms with van der Waals surface area (Å²) >= 11 is 0. The summed E-state index contributed by atoms with van der Waals surface area (Å²) < 4.78 is 0. The lowest BCUT2D eigenvalue weighted by Gasteiger charge is -2.46. The summed E-state index contributed by atoms with van der Waals surface area (Å²) in [6.07, 6.45) is 4.01. The maximum Gasteiger partial charge on any atom is 0.193 e. The van der Waals surface area contributed by atoms with Crippen LogP contribution < -0.4 is 11.1 Å². The third-order valence-corrected chi connectivity index (χ3v) is 4.83. The molecule has 3 rings (SSSR count). The monoisotopic (exact) mass is 273 g/mol. The van der Waals surface area contributed by atoms with Crippen molar-refractivity contribution in [3.05, 3.63) is 29.3 Å². The molecule has 2 aliphatic carbocycles. The minimum Gasteiger partial charge on any atom is -0.392 e. The number of benzene rings is 1. The fraction of sp³-hybridized carbons (Fsp3) is 0.562. The van der Waals surface area contributed by atoms with Crippen LogP contribution in [0.15, 0.2) is 23.2 Å². The first-order chi connectivity index (χ1) is 9.46. The van der Waals surface area contributed by atoms with E-state index in [1.165, 1.54) is 24.0 Å². The molecular formula is C16H23N3O. The normalized spacial score (nSPS) is 27.9. The Morgan fingerprint density at radius 2 is 2.10 bits per heavy atom. The van der Waals surface area contributed by atoms with Crippen LogP contribution in [0.1, 0.15) is 37.8 Å². The fourth-order valence-electron chi connectivity index (χ4n) is 3.10. The third-order valence-electron chi connectivity index (χ3n) is 4.83. The molecule has 0 radical (unpaired) electrons. The summed E-state index contributed by atoms with van der Waals surface area (Å²) in [7, 11) is 0. The number of hydrogen-bond acceptors (Lipinski definition) is 2. The van der Waals surface area contributed by atoms with E-state index in [1.54, 1.807) is 0 Å². The van der Waals surface area contributed by atoms with Crippen LogP contribution in [0.5, 0.6) is 0 Å². The average molecular weight is 273 g/mol. The number of anilines is 1. The van der Waals surface area contributed by atoms with Crippen molar-refractivity contribution >= 4 is 11.6 Å². The number of nitrogens with two attached hydrogens (primary N) is 1. The van der Waals surface area contributed by atoms with E-state index in [9.17, 15) is 5.11 Å². The molecule has 0 heterocycles. The number of hydrogen-bond donors (Lipinski definition) is 3. The van der Waals surface area contributed by atoms with Crippen molar-refractivity contribution in [2.24, 2.45) is 16.1 Å². The quantitative estimate of drug-likeness (QED) is 0.570. The molecule has 1 aromatic carbocycles. The van der Waals surface area contributed by atoms with Gasteiger partial charge in [-0.15, -0.1) is 0 Å². The highest BCUT2D eigenvalue weighted by molar-refractivity contribution is 5.92. The standard InChI is InChI=1S/C16H23N3O/c1-16(2)13(9-14(16)20)19-15(17)18-12-7-6-10-4-3-5-11(10)8-12/h6-8,13-14,20H,3-5,9H2,1-2H3,(H3,17,18,19). The van der Waals surface area contributed by atoms with Gasteiger partial charge >= 0.3 is 0 Å². The number of aliphatic hydroxyl groups excluding tert-OH is 1. The second-order valence-electron chi connectivity index (χ2n) is 6.57. The zero-order valence-corrected chi connectivity index (χ0v) is 12.2. The highest BCUT2D eigenvalue weighted by Gasteiger charge is 2.47. The second-order valence-corrected chi connectivity index (χ2v) is 6.57. The van der Waals surface area contributed by atoms with Gasteiger partial charge in [0.15, 0.2) is 5.96 Å². The van der Waals surface area contributed by atoms with Crippen LogP contribution in [0.3, 0.4) is 0 Å². The Labute approximate surface area is 120 Å². The summed E-state index contributed by atoms with van der Waals surface area (Å²) in [4.78, 5) is 4.50. The Hall–Kier alpha value is -1.55. The summed E-state index contributed by atoms with van der Waals surface area (Å²) in [5.41, 5.74) is 9.68.